The lowest BCUT2D eigenvalue weighted by molar-refractivity contribution is 0.619. The lowest BCUT2D eigenvalue weighted by atomic mass is 10.0. The quantitative estimate of drug-likeness (QED) is 0.532. The number of rotatable bonds is 2. The van der Waals surface area contributed by atoms with Crippen LogP contribution in [0.1, 0.15) is 32.3 Å². The van der Waals surface area contributed by atoms with E-state index in [9.17, 15) is 0 Å². The molecule has 0 heterocycles. The Labute approximate surface area is 92.6 Å². The van der Waals surface area contributed by atoms with Crippen LogP contribution in [0.4, 0.5) is 5.69 Å². The van der Waals surface area contributed by atoms with E-state index in [0.717, 1.165) is 11.5 Å². The summed E-state index contributed by atoms with van der Waals surface area (Å²) in [6.07, 6.45) is 0. The van der Waals surface area contributed by atoms with Gasteiger partial charge in [-0.2, -0.15) is 0 Å². The molecule has 1 rings (SSSR count). The third-order valence-corrected chi connectivity index (χ3v) is 2.50. The zero-order valence-corrected chi connectivity index (χ0v) is 10.3. The van der Waals surface area contributed by atoms with Crippen LogP contribution < -0.4 is 0 Å². The van der Waals surface area contributed by atoms with Crippen LogP contribution >= 0.6 is 0 Å². The van der Waals surface area contributed by atoms with Gasteiger partial charge in [-0.3, -0.25) is 0 Å². The molecule has 0 aliphatic rings. The van der Waals surface area contributed by atoms with E-state index >= 15 is 0 Å². The van der Waals surface area contributed by atoms with Crippen LogP contribution in [0, 0.1) is 0 Å². The zero-order valence-electron chi connectivity index (χ0n) is 10.3. The fraction of sp³-hybridized carbons (Fsp3) is 0.462. The van der Waals surface area contributed by atoms with Gasteiger partial charge in [0.2, 0.25) is 0 Å². The van der Waals surface area contributed by atoms with Crippen LogP contribution in [0.5, 0.6) is 0 Å². The molecule has 1 aromatic carbocycles. The van der Waals surface area contributed by atoms with Gasteiger partial charge in [0.1, 0.15) is 5.84 Å². The van der Waals surface area contributed by atoms with Gasteiger partial charge < -0.3 is 4.90 Å². The van der Waals surface area contributed by atoms with Crippen LogP contribution in [0.15, 0.2) is 29.3 Å². The van der Waals surface area contributed by atoms with Crippen molar-refractivity contribution < 1.29 is 0 Å². The first-order valence-corrected chi connectivity index (χ1v) is 5.33. The highest BCUT2D eigenvalue weighted by atomic mass is 15.1. The SMILES string of the molecule is CC(=Nc1ccc(C(C)C)cc1)N(C)C. The number of hydrogen-bond donors (Lipinski definition) is 0. The van der Waals surface area contributed by atoms with Crippen molar-refractivity contribution in [1.82, 2.24) is 4.90 Å². The summed E-state index contributed by atoms with van der Waals surface area (Å²) in [5, 5.41) is 0. The number of amidine groups is 1. The third kappa shape index (κ3) is 3.39. The molecule has 82 valence electrons. The molecule has 2 nitrogen and oxygen atoms in total. The minimum Gasteiger partial charge on any atom is -0.366 e. The first kappa shape index (κ1) is 11.8. The number of nitrogens with zero attached hydrogens (tertiary/aromatic N) is 2. The maximum absolute atomic E-state index is 4.50. The molecule has 0 atom stereocenters. The summed E-state index contributed by atoms with van der Waals surface area (Å²) in [7, 11) is 4.00. The van der Waals surface area contributed by atoms with E-state index in [2.05, 4.69) is 43.1 Å². The largest absolute Gasteiger partial charge is 0.366 e. The molecule has 0 saturated heterocycles. The molecular formula is C13H20N2. The van der Waals surface area contributed by atoms with Crippen molar-refractivity contribution >= 4 is 11.5 Å². The van der Waals surface area contributed by atoms with Crippen LogP contribution in [-0.4, -0.2) is 24.8 Å². The second kappa shape index (κ2) is 4.96. The number of benzene rings is 1. The Kier molecular flexibility index (Phi) is 3.89. The minimum absolute atomic E-state index is 0.581. The molecule has 0 radical (unpaired) electrons. The Morgan fingerprint density at radius 3 is 2.07 bits per heavy atom. The highest BCUT2D eigenvalue weighted by Gasteiger charge is 1.99. The maximum atomic E-state index is 4.50. The normalized spacial score (nSPS) is 12.0. The highest BCUT2D eigenvalue weighted by molar-refractivity contribution is 5.81. The Morgan fingerprint density at radius 2 is 1.67 bits per heavy atom. The van der Waals surface area contributed by atoms with Gasteiger partial charge in [0.05, 0.1) is 5.69 Å². The van der Waals surface area contributed by atoms with Gasteiger partial charge in [0, 0.05) is 14.1 Å². The number of aliphatic imine (C=N–C) groups is 1. The standard InChI is InChI=1S/C13H20N2/c1-10(2)12-6-8-13(9-7-12)14-11(3)15(4)5/h6-10H,1-5H3. The Balaban J connectivity index is 2.85. The van der Waals surface area contributed by atoms with Crippen molar-refractivity contribution in [3.63, 3.8) is 0 Å². The van der Waals surface area contributed by atoms with Crippen molar-refractivity contribution in [3.8, 4) is 0 Å². The smallest absolute Gasteiger partial charge is 0.101 e. The Bertz CT molecular complexity index is 334. The molecule has 0 aliphatic carbocycles. The monoisotopic (exact) mass is 204 g/mol. The zero-order chi connectivity index (χ0) is 11.4. The predicted octanol–water partition coefficient (Wildman–Crippen LogP) is 3.42. The van der Waals surface area contributed by atoms with Crippen LogP contribution in [0.3, 0.4) is 0 Å². The van der Waals surface area contributed by atoms with Crippen LogP contribution in [-0.2, 0) is 0 Å². The average molecular weight is 204 g/mol. The predicted molar refractivity (Wildman–Crippen MR) is 67.0 cm³/mol. The summed E-state index contributed by atoms with van der Waals surface area (Å²) in [6, 6.07) is 8.43. The summed E-state index contributed by atoms with van der Waals surface area (Å²) < 4.78 is 0. The summed E-state index contributed by atoms with van der Waals surface area (Å²) in [4.78, 5) is 6.51. The highest BCUT2D eigenvalue weighted by Crippen LogP contribution is 2.19. The molecule has 0 fully saturated rings. The van der Waals surface area contributed by atoms with Gasteiger partial charge in [-0.05, 0) is 30.5 Å². The van der Waals surface area contributed by atoms with E-state index in [0.29, 0.717) is 5.92 Å². The Morgan fingerprint density at radius 1 is 1.13 bits per heavy atom. The van der Waals surface area contributed by atoms with Gasteiger partial charge in [0.25, 0.3) is 0 Å². The summed E-state index contributed by atoms with van der Waals surface area (Å²) in [6.45, 7) is 6.41. The lowest BCUT2D eigenvalue weighted by Crippen LogP contribution is -2.17. The molecule has 0 bridgehead atoms. The van der Waals surface area contributed by atoms with E-state index in [1.54, 1.807) is 0 Å². The molecular weight excluding hydrogens is 184 g/mol. The first-order valence-electron chi connectivity index (χ1n) is 5.33. The van der Waals surface area contributed by atoms with Gasteiger partial charge in [-0.1, -0.05) is 26.0 Å². The van der Waals surface area contributed by atoms with E-state index in [-0.39, 0.29) is 0 Å². The van der Waals surface area contributed by atoms with Gasteiger partial charge in [-0.25, -0.2) is 4.99 Å². The van der Waals surface area contributed by atoms with Crippen molar-refractivity contribution in [2.45, 2.75) is 26.7 Å². The van der Waals surface area contributed by atoms with Gasteiger partial charge >= 0.3 is 0 Å². The van der Waals surface area contributed by atoms with Gasteiger partial charge in [0.15, 0.2) is 0 Å². The van der Waals surface area contributed by atoms with E-state index in [1.807, 2.05) is 25.9 Å². The Hall–Kier alpha value is -1.31. The fourth-order valence-electron chi connectivity index (χ4n) is 1.22. The molecule has 0 aliphatic heterocycles. The summed E-state index contributed by atoms with van der Waals surface area (Å²) in [5.74, 6) is 1.60. The van der Waals surface area contributed by atoms with Crippen LogP contribution in [0.2, 0.25) is 0 Å². The lowest BCUT2D eigenvalue weighted by Gasteiger charge is -2.11. The average Bonchev–Trinajstić information content (AvgIpc) is 2.18. The minimum atomic E-state index is 0.581. The van der Waals surface area contributed by atoms with E-state index in [4.69, 9.17) is 0 Å². The van der Waals surface area contributed by atoms with Crippen LogP contribution in [0.25, 0.3) is 0 Å². The molecule has 0 N–H and O–H groups in total. The first-order chi connectivity index (χ1) is 7.00. The second-order valence-corrected chi connectivity index (χ2v) is 4.30. The molecule has 0 saturated carbocycles. The van der Waals surface area contributed by atoms with Gasteiger partial charge in [-0.15, -0.1) is 0 Å². The second-order valence-electron chi connectivity index (χ2n) is 4.30. The summed E-state index contributed by atoms with van der Waals surface area (Å²) in [5.41, 5.74) is 2.38. The summed E-state index contributed by atoms with van der Waals surface area (Å²) >= 11 is 0. The molecule has 0 amide bonds. The third-order valence-electron chi connectivity index (χ3n) is 2.50. The van der Waals surface area contributed by atoms with Crippen molar-refractivity contribution in [1.29, 1.82) is 0 Å². The molecule has 1 aromatic rings. The van der Waals surface area contributed by atoms with E-state index < -0.39 is 0 Å². The molecule has 0 spiro atoms. The van der Waals surface area contributed by atoms with Crippen molar-refractivity contribution in [2.75, 3.05) is 14.1 Å². The van der Waals surface area contributed by atoms with Crippen molar-refractivity contribution in [3.05, 3.63) is 29.8 Å². The molecule has 0 unspecified atom stereocenters. The van der Waals surface area contributed by atoms with Crippen molar-refractivity contribution in [2.24, 2.45) is 4.99 Å². The molecule has 15 heavy (non-hydrogen) atoms. The maximum Gasteiger partial charge on any atom is 0.101 e. The molecule has 0 aromatic heterocycles. The van der Waals surface area contributed by atoms with E-state index in [1.165, 1.54) is 5.56 Å². The molecule has 2 heteroatoms. The topological polar surface area (TPSA) is 15.6 Å². The number of hydrogen-bond acceptors (Lipinski definition) is 1. The fourth-order valence-corrected chi connectivity index (χ4v) is 1.22.